The van der Waals surface area contributed by atoms with Gasteiger partial charge < -0.3 is 0 Å². The summed E-state index contributed by atoms with van der Waals surface area (Å²) in [6, 6.07) is 7.54. The number of carbonyl (C=O) groups excluding carboxylic acids is 1. The van der Waals surface area contributed by atoms with Gasteiger partial charge in [0.05, 0.1) is 12.9 Å². The van der Waals surface area contributed by atoms with E-state index in [2.05, 4.69) is 6.92 Å². The fraction of sp³-hybridized carbons (Fsp3) is 0.400. The Bertz CT molecular complexity index is 646. The van der Waals surface area contributed by atoms with E-state index in [1.165, 1.54) is 0 Å². The van der Waals surface area contributed by atoms with Crippen LogP contribution in [0.2, 0.25) is 0 Å². The zero-order chi connectivity index (χ0) is 14.8. The van der Waals surface area contributed by atoms with Crippen LogP contribution >= 0.6 is 0 Å². The van der Waals surface area contributed by atoms with E-state index in [1.54, 1.807) is 6.08 Å². The van der Waals surface area contributed by atoms with Gasteiger partial charge in [0, 0.05) is 11.0 Å². The van der Waals surface area contributed by atoms with E-state index in [1.807, 2.05) is 30.3 Å². The number of hydrogen-bond acceptors (Lipinski definition) is 4. The zero-order valence-corrected chi connectivity index (χ0v) is 12.4. The number of carbonyl (C=O) groups is 1. The second-order valence-corrected chi connectivity index (χ2v) is 6.93. The molecule has 0 aliphatic heterocycles. The highest BCUT2D eigenvalue weighted by Crippen LogP contribution is 2.36. The Morgan fingerprint density at radius 3 is 2.65 bits per heavy atom. The molecule has 1 aromatic rings. The number of hydrogen-bond donors (Lipinski definition) is 0. The fourth-order valence-corrected chi connectivity index (χ4v) is 2.92. The van der Waals surface area contributed by atoms with Crippen molar-refractivity contribution in [1.29, 1.82) is 0 Å². The Balaban J connectivity index is 2.11. The first-order chi connectivity index (χ1) is 9.32. The molecule has 0 saturated carbocycles. The lowest BCUT2D eigenvalue weighted by Crippen LogP contribution is -2.26. The van der Waals surface area contributed by atoms with Gasteiger partial charge in [-0.05, 0) is 24.5 Å². The predicted molar refractivity (Wildman–Crippen MR) is 77.3 cm³/mol. The maximum atomic E-state index is 11.8. The molecule has 2 rings (SSSR count). The predicted octanol–water partition coefficient (Wildman–Crippen LogP) is 2.45. The van der Waals surface area contributed by atoms with Gasteiger partial charge in [0.15, 0.2) is 5.78 Å². The maximum Gasteiger partial charge on any atom is 0.264 e. The van der Waals surface area contributed by atoms with E-state index in [-0.39, 0.29) is 17.8 Å². The SMILES string of the molecule is CC1(CCCOS(C)(=O)=O)C=CC(=O)c2ccccc21. The molecule has 108 valence electrons. The summed E-state index contributed by atoms with van der Waals surface area (Å²) < 4.78 is 26.6. The molecule has 0 spiro atoms. The third kappa shape index (κ3) is 3.35. The summed E-state index contributed by atoms with van der Waals surface area (Å²) in [6.07, 6.45) is 5.88. The third-order valence-electron chi connectivity index (χ3n) is 3.55. The molecule has 1 atom stereocenters. The highest BCUT2D eigenvalue weighted by atomic mass is 32.2. The molecule has 5 heteroatoms. The number of fused-ring (bicyclic) bond motifs is 1. The van der Waals surface area contributed by atoms with Crippen LogP contribution in [0, 0.1) is 0 Å². The first-order valence-electron chi connectivity index (χ1n) is 6.49. The largest absolute Gasteiger partial charge is 0.289 e. The fourth-order valence-electron chi connectivity index (χ4n) is 2.50. The monoisotopic (exact) mass is 294 g/mol. The molecule has 0 heterocycles. The van der Waals surface area contributed by atoms with Crippen LogP contribution in [0.25, 0.3) is 0 Å². The summed E-state index contributed by atoms with van der Waals surface area (Å²) >= 11 is 0. The Kier molecular flexibility index (Phi) is 4.11. The summed E-state index contributed by atoms with van der Waals surface area (Å²) in [4.78, 5) is 11.8. The van der Waals surface area contributed by atoms with E-state index in [0.29, 0.717) is 6.42 Å². The molecule has 1 aromatic carbocycles. The average Bonchev–Trinajstić information content (AvgIpc) is 2.39. The van der Waals surface area contributed by atoms with Crippen molar-refractivity contribution in [2.75, 3.05) is 12.9 Å². The minimum atomic E-state index is -3.39. The van der Waals surface area contributed by atoms with Gasteiger partial charge >= 0.3 is 0 Å². The van der Waals surface area contributed by atoms with Crippen LogP contribution in [0.4, 0.5) is 0 Å². The number of benzene rings is 1. The lowest BCUT2D eigenvalue weighted by Gasteiger charge is -2.31. The molecular weight excluding hydrogens is 276 g/mol. The van der Waals surface area contributed by atoms with Gasteiger partial charge in [-0.2, -0.15) is 8.42 Å². The molecule has 0 aromatic heterocycles. The first kappa shape index (κ1) is 14.9. The summed E-state index contributed by atoms with van der Waals surface area (Å²) in [5, 5.41) is 0. The lowest BCUT2D eigenvalue weighted by atomic mass is 9.72. The standard InChI is InChI=1S/C15H18O4S/c1-15(9-5-11-19-20(2,17)18)10-8-14(16)12-6-3-4-7-13(12)15/h3-4,6-8,10H,5,9,11H2,1-2H3. The Morgan fingerprint density at radius 1 is 1.25 bits per heavy atom. The Labute approximate surface area is 119 Å². The van der Waals surface area contributed by atoms with Crippen molar-refractivity contribution < 1.29 is 17.4 Å². The topological polar surface area (TPSA) is 60.4 Å². The van der Waals surface area contributed by atoms with Gasteiger partial charge in [0.25, 0.3) is 10.1 Å². The van der Waals surface area contributed by atoms with Gasteiger partial charge in [0.2, 0.25) is 0 Å². The van der Waals surface area contributed by atoms with Gasteiger partial charge in [-0.1, -0.05) is 37.3 Å². The summed E-state index contributed by atoms with van der Waals surface area (Å²) in [7, 11) is -3.39. The minimum absolute atomic E-state index is 0.0189. The van der Waals surface area contributed by atoms with Crippen LogP contribution in [-0.2, 0) is 19.7 Å². The van der Waals surface area contributed by atoms with Gasteiger partial charge in [-0.15, -0.1) is 0 Å². The first-order valence-corrected chi connectivity index (χ1v) is 8.31. The van der Waals surface area contributed by atoms with Crippen LogP contribution in [0.1, 0.15) is 35.7 Å². The summed E-state index contributed by atoms with van der Waals surface area (Å²) in [6.45, 7) is 2.22. The van der Waals surface area contributed by atoms with Crippen LogP contribution in [0.5, 0.6) is 0 Å². The third-order valence-corrected chi connectivity index (χ3v) is 4.14. The Hall–Kier alpha value is -1.46. The molecule has 0 bridgehead atoms. The molecular formula is C15H18O4S. The van der Waals surface area contributed by atoms with Gasteiger partial charge in [-0.3, -0.25) is 8.98 Å². The van der Waals surface area contributed by atoms with Crippen molar-refractivity contribution in [3.8, 4) is 0 Å². The van der Waals surface area contributed by atoms with E-state index >= 15 is 0 Å². The van der Waals surface area contributed by atoms with Crippen molar-refractivity contribution in [2.24, 2.45) is 0 Å². The molecule has 0 amide bonds. The lowest BCUT2D eigenvalue weighted by molar-refractivity contribution is 0.104. The van der Waals surface area contributed by atoms with Gasteiger partial charge in [-0.25, -0.2) is 0 Å². The molecule has 1 unspecified atom stereocenters. The smallest absolute Gasteiger partial charge is 0.264 e. The number of allylic oxidation sites excluding steroid dienone is 2. The molecule has 0 radical (unpaired) electrons. The van der Waals surface area contributed by atoms with Crippen LogP contribution in [-0.4, -0.2) is 27.1 Å². The molecule has 0 saturated heterocycles. The highest BCUT2D eigenvalue weighted by Gasteiger charge is 2.30. The number of ketones is 1. The Morgan fingerprint density at radius 2 is 1.95 bits per heavy atom. The van der Waals surface area contributed by atoms with Crippen LogP contribution < -0.4 is 0 Å². The van der Waals surface area contributed by atoms with E-state index in [4.69, 9.17) is 4.18 Å². The van der Waals surface area contributed by atoms with Gasteiger partial charge in [0.1, 0.15) is 0 Å². The van der Waals surface area contributed by atoms with E-state index < -0.39 is 10.1 Å². The summed E-state index contributed by atoms with van der Waals surface area (Å²) in [5.74, 6) is 0.0189. The molecule has 1 aliphatic rings. The van der Waals surface area contributed by atoms with E-state index in [9.17, 15) is 13.2 Å². The summed E-state index contributed by atoms with van der Waals surface area (Å²) in [5.41, 5.74) is 1.46. The van der Waals surface area contributed by atoms with Crippen LogP contribution in [0.3, 0.4) is 0 Å². The van der Waals surface area contributed by atoms with Crippen molar-refractivity contribution in [2.45, 2.75) is 25.2 Å². The average molecular weight is 294 g/mol. The molecule has 0 fully saturated rings. The molecule has 20 heavy (non-hydrogen) atoms. The quantitative estimate of drug-likeness (QED) is 0.618. The molecule has 1 aliphatic carbocycles. The second-order valence-electron chi connectivity index (χ2n) is 5.29. The van der Waals surface area contributed by atoms with Crippen molar-refractivity contribution in [3.05, 3.63) is 47.5 Å². The maximum absolute atomic E-state index is 11.8. The minimum Gasteiger partial charge on any atom is -0.289 e. The van der Waals surface area contributed by atoms with Crippen molar-refractivity contribution in [3.63, 3.8) is 0 Å². The second kappa shape index (κ2) is 5.50. The number of rotatable bonds is 5. The van der Waals surface area contributed by atoms with Crippen LogP contribution in [0.15, 0.2) is 36.4 Å². The molecule has 0 N–H and O–H groups in total. The molecule has 4 nitrogen and oxygen atoms in total. The van der Waals surface area contributed by atoms with Crippen molar-refractivity contribution >= 4 is 15.9 Å². The zero-order valence-electron chi connectivity index (χ0n) is 11.6. The van der Waals surface area contributed by atoms with Crippen molar-refractivity contribution in [1.82, 2.24) is 0 Å². The highest BCUT2D eigenvalue weighted by molar-refractivity contribution is 7.85. The van der Waals surface area contributed by atoms with E-state index in [0.717, 1.165) is 23.8 Å². The normalized spacial score (nSPS) is 21.8.